The summed E-state index contributed by atoms with van der Waals surface area (Å²) >= 11 is 11.9. The van der Waals surface area contributed by atoms with Gasteiger partial charge in [-0.15, -0.1) is 6.58 Å². The summed E-state index contributed by atoms with van der Waals surface area (Å²) in [6.07, 6.45) is -0.658. The molecule has 0 unspecified atom stereocenters. The van der Waals surface area contributed by atoms with Crippen molar-refractivity contribution in [3.8, 4) is 6.07 Å². The van der Waals surface area contributed by atoms with E-state index in [1.54, 1.807) is 6.92 Å². The number of hydrogen-bond acceptors (Lipinski definition) is 3. The largest absolute Gasteiger partial charge is 0.481 e. The minimum atomic E-state index is -1.77. The monoisotopic (exact) mass is 492 g/mol. The summed E-state index contributed by atoms with van der Waals surface area (Å²) in [6, 6.07) is 8.73. The molecule has 9 heteroatoms. The van der Waals surface area contributed by atoms with E-state index in [9.17, 15) is 20.0 Å². The van der Waals surface area contributed by atoms with E-state index in [-0.39, 0.29) is 34.1 Å². The summed E-state index contributed by atoms with van der Waals surface area (Å²) in [5.41, 5.74) is -1.29. The van der Waals surface area contributed by atoms with Crippen molar-refractivity contribution in [1.82, 2.24) is 4.90 Å². The van der Waals surface area contributed by atoms with Crippen LogP contribution in [0, 0.1) is 28.9 Å². The van der Waals surface area contributed by atoms with Gasteiger partial charge in [0.2, 0.25) is 5.91 Å². The number of carboxylic acid groups (broad SMARTS) is 1. The van der Waals surface area contributed by atoms with Crippen LogP contribution in [-0.4, -0.2) is 28.4 Å². The Balaban J connectivity index is 2.37. The van der Waals surface area contributed by atoms with Crippen LogP contribution >= 0.6 is 23.2 Å². The maximum atomic E-state index is 15.3. The van der Waals surface area contributed by atoms with Crippen molar-refractivity contribution in [1.29, 1.82) is 5.26 Å². The van der Waals surface area contributed by atoms with Crippen LogP contribution in [0.2, 0.25) is 10.0 Å². The molecular formula is C24H20Cl2F2N2O3. The van der Waals surface area contributed by atoms with Gasteiger partial charge in [0.1, 0.15) is 23.5 Å². The van der Waals surface area contributed by atoms with Gasteiger partial charge in [-0.3, -0.25) is 9.59 Å². The molecule has 1 fully saturated rings. The first-order valence-corrected chi connectivity index (χ1v) is 10.7. The third-order valence-electron chi connectivity index (χ3n) is 5.86. The molecule has 5 nitrogen and oxygen atoms in total. The summed E-state index contributed by atoms with van der Waals surface area (Å²) < 4.78 is 30.6. The van der Waals surface area contributed by atoms with Crippen molar-refractivity contribution in [3.05, 3.63) is 81.4 Å². The molecule has 2 aromatic rings. The van der Waals surface area contributed by atoms with Crippen LogP contribution in [0.3, 0.4) is 0 Å². The summed E-state index contributed by atoms with van der Waals surface area (Å²) in [6.45, 7) is 5.49. The van der Waals surface area contributed by atoms with Gasteiger partial charge in [-0.05, 0) is 31.5 Å². The maximum Gasteiger partial charge on any atom is 0.312 e. The highest BCUT2D eigenvalue weighted by atomic mass is 35.5. The van der Waals surface area contributed by atoms with Crippen LogP contribution < -0.4 is 0 Å². The minimum absolute atomic E-state index is 0.0735. The number of carboxylic acids is 1. The fraction of sp³-hybridized carbons (Fsp3) is 0.292. The zero-order chi connectivity index (χ0) is 24.5. The van der Waals surface area contributed by atoms with Crippen LogP contribution in [-0.2, 0) is 15.0 Å². The van der Waals surface area contributed by atoms with Crippen molar-refractivity contribution in [2.75, 3.05) is 6.54 Å². The lowest BCUT2D eigenvalue weighted by Gasteiger charge is -2.36. The predicted molar refractivity (Wildman–Crippen MR) is 120 cm³/mol. The average Bonchev–Trinajstić information content (AvgIpc) is 3.03. The number of allylic oxidation sites excluding steroid dienone is 1. The Labute approximate surface area is 199 Å². The van der Waals surface area contributed by atoms with Crippen LogP contribution in [0.1, 0.15) is 36.9 Å². The molecule has 3 atom stereocenters. The second-order valence-corrected chi connectivity index (χ2v) is 8.97. The number of aliphatic carboxylic acids is 1. The van der Waals surface area contributed by atoms with E-state index in [4.69, 9.17) is 23.2 Å². The number of likely N-dealkylation sites (tertiary alicyclic amines) is 1. The Kier molecular flexibility index (Phi) is 7.11. The van der Waals surface area contributed by atoms with Gasteiger partial charge in [-0.1, -0.05) is 47.0 Å². The Bertz CT molecular complexity index is 1180. The van der Waals surface area contributed by atoms with E-state index < -0.39 is 47.3 Å². The number of hydrogen-bond donors (Lipinski definition) is 1. The first-order chi connectivity index (χ1) is 15.5. The normalized spacial score (nSPS) is 22.1. The number of rotatable bonds is 6. The fourth-order valence-electron chi connectivity index (χ4n) is 4.63. The van der Waals surface area contributed by atoms with Crippen molar-refractivity contribution in [2.24, 2.45) is 5.92 Å². The Morgan fingerprint density at radius 1 is 1.30 bits per heavy atom. The van der Waals surface area contributed by atoms with Gasteiger partial charge < -0.3 is 10.0 Å². The molecule has 1 aliphatic rings. The molecule has 0 aromatic heterocycles. The van der Waals surface area contributed by atoms with Crippen molar-refractivity contribution >= 4 is 35.1 Å². The van der Waals surface area contributed by atoms with E-state index in [0.717, 1.165) is 11.0 Å². The average molecular weight is 493 g/mol. The summed E-state index contributed by atoms with van der Waals surface area (Å²) in [5.74, 6) is -4.59. The summed E-state index contributed by atoms with van der Waals surface area (Å²) in [7, 11) is 0. The first kappa shape index (κ1) is 24.7. The fourth-order valence-corrected chi connectivity index (χ4v) is 4.97. The molecule has 0 radical (unpaired) electrons. The second kappa shape index (κ2) is 9.50. The Morgan fingerprint density at radius 2 is 2.00 bits per heavy atom. The first-order valence-electron chi connectivity index (χ1n) is 9.99. The molecule has 1 amide bonds. The molecule has 0 spiro atoms. The van der Waals surface area contributed by atoms with Gasteiger partial charge in [-0.25, -0.2) is 8.78 Å². The molecule has 1 aliphatic heterocycles. The van der Waals surface area contributed by atoms with E-state index in [0.29, 0.717) is 5.57 Å². The molecule has 3 rings (SSSR count). The number of carbonyl (C=O) groups excluding carboxylic acids is 1. The molecule has 1 N–H and O–H groups in total. The second-order valence-electron chi connectivity index (χ2n) is 8.13. The lowest BCUT2D eigenvalue weighted by atomic mass is 9.65. The molecule has 0 bridgehead atoms. The molecule has 33 heavy (non-hydrogen) atoms. The quantitative estimate of drug-likeness (QED) is 0.415. The minimum Gasteiger partial charge on any atom is -0.481 e. The number of amides is 1. The lowest BCUT2D eigenvalue weighted by molar-refractivity contribution is -0.144. The van der Waals surface area contributed by atoms with Crippen molar-refractivity contribution in [2.45, 2.75) is 31.2 Å². The number of halogens is 4. The van der Waals surface area contributed by atoms with Gasteiger partial charge in [0.25, 0.3) is 0 Å². The third-order valence-corrected chi connectivity index (χ3v) is 6.39. The van der Waals surface area contributed by atoms with Crippen LogP contribution in [0.4, 0.5) is 8.78 Å². The molecule has 1 saturated heterocycles. The van der Waals surface area contributed by atoms with Gasteiger partial charge in [-0.2, -0.15) is 5.26 Å². The summed E-state index contributed by atoms with van der Waals surface area (Å²) in [4.78, 5) is 25.4. The van der Waals surface area contributed by atoms with Crippen LogP contribution in [0.25, 0.3) is 0 Å². The van der Waals surface area contributed by atoms with Crippen LogP contribution in [0.15, 0.2) is 48.6 Å². The number of nitrogens with zero attached hydrogens (tertiary/aromatic N) is 2. The third kappa shape index (κ3) is 4.46. The topological polar surface area (TPSA) is 81.4 Å². The summed E-state index contributed by atoms with van der Waals surface area (Å²) in [5, 5.41) is 19.6. The maximum absolute atomic E-state index is 15.3. The zero-order valence-corrected chi connectivity index (χ0v) is 19.1. The predicted octanol–water partition coefficient (Wildman–Crippen LogP) is 5.67. The highest BCUT2D eigenvalue weighted by Gasteiger charge is 2.59. The van der Waals surface area contributed by atoms with E-state index in [1.807, 2.05) is 0 Å². The molecule has 172 valence electrons. The highest BCUT2D eigenvalue weighted by Crippen LogP contribution is 2.55. The standard InChI is InChI=1S/C24H20Cl2F2N2O3/c1-13(2)8-14-11-30(20(31)10-21(32)33)23(16-4-3-5-18(26)22(16)28)24(14,12-29)17-7-6-15(25)9-19(17)27/h3-7,9,14,23H,1,8,10-11H2,2H3,(H,32,33)/t14-,23-,24-/m1/s1. The Hall–Kier alpha value is -2.95. The molecule has 0 aliphatic carbocycles. The van der Waals surface area contributed by atoms with Crippen LogP contribution in [0.5, 0.6) is 0 Å². The number of carbonyl (C=O) groups is 2. The van der Waals surface area contributed by atoms with Crippen molar-refractivity contribution < 1.29 is 23.5 Å². The lowest BCUT2D eigenvalue weighted by Crippen LogP contribution is -2.41. The van der Waals surface area contributed by atoms with E-state index >= 15 is 8.78 Å². The highest BCUT2D eigenvalue weighted by molar-refractivity contribution is 6.31. The number of benzene rings is 2. The molecule has 2 aromatic carbocycles. The Morgan fingerprint density at radius 3 is 2.58 bits per heavy atom. The van der Waals surface area contributed by atoms with E-state index in [2.05, 4.69) is 12.6 Å². The molecule has 0 saturated carbocycles. The smallest absolute Gasteiger partial charge is 0.312 e. The molecule has 1 heterocycles. The van der Waals surface area contributed by atoms with Gasteiger partial charge in [0, 0.05) is 28.6 Å². The molecular weight excluding hydrogens is 473 g/mol. The van der Waals surface area contributed by atoms with Gasteiger partial charge in [0.15, 0.2) is 0 Å². The number of nitriles is 1. The van der Waals surface area contributed by atoms with Gasteiger partial charge >= 0.3 is 5.97 Å². The van der Waals surface area contributed by atoms with Crippen molar-refractivity contribution in [3.63, 3.8) is 0 Å². The zero-order valence-electron chi connectivity index (χ0n) is 17.6. The van der Waals surface area contributed by atoms with E-state index in [1.165, 1.54) is 30.3 Å². The SMILES string of the molecule is C=C(C)C[C@@H]1CN(C(=O)CC(=O)O)[C@H](c2cccc(Cl)c2F)[C@@]1(C#N)c1ccc(Cl)cc1F. The van der Waals surface area contributed by atoms with Gasteiger partial charge in [0.05, 0.1) is 17.1 Å².